The van der Waals surface area contributed by atoms with Gasteiger partial charge in [0.15, 0.2) is 0 Å². The van der Waals surface area contributed by atoms with Gasteiger partial charge >= 0.3 is 5.97 Å². The third kappa shape index (κ3) is 2.67. The molecule has 0 saturated carbocycles. The second-order valence-corrected chi connectivity index (χ2v) is 4.18. The molecular weight excluding hydrogens is 242 g/mol. The highest BCUT2D eigenvalue weighted by Gasteiger charge is 2.17. The molecule has 1 aromatic heterocycles. The van der Waals surface area contributed by atoms with Crippen LogP contribution in [0.3, 0.4) is 0 Å². The van der Waals surface area contributed by atoms with Gasteiger partial charge in [-0.15, -0.1) is 0 Å². The topological polar surface area (TPSA) is 48.4 Å². The minimum atomic E-state index is -0.401. The van der Waals surface area contributed by atoms with Crippen molar-refractivity contribution in [2.75, 3.05) is 13.2 Å². The predicted octanol–water partition coefficient (Wildman–Crippen LogP) is 3.12. The number of esters is 1. The van der Waals surface area contributed by atoms with Gasteiger partial charge < -0.3 is 9.47 Å². The van der Waals surface area contributed by atoms with E-state index >= 15 is 0 Å². The monoisotopic (exact) mass is 259 g/mol. The van der Waals surface area contributed by atoms with Crippen LogP contribution in [0.5, 0.6) is 5.75 Å². The molecule has 0 saturated heterocycles. The van der Waals surface area contributed by atoms with Crippen molar-refractivity contribution in [3.8, 4) is 5.75 Å². The molecule has 0 aliphatic rings. The Morgan fingerprint density at radius 2 is 2.05 bits per heavy atom. The molecule has 4 heteroatoms. The van der Waals surface area contributed by atoms with E-state index < -0.39 is 5.97 Å². The third-order valence-electron chi connectivity index (χ3n) is 2.76. The number of aryl methyl sites for hydroxylation is 1. The Labute approximate surface area is 112 Å². The summed E-state index contributed by atoms with van der Waals surface area (Å²) in [6.07, 6.45) is 1.51. The molecule has 0 aliphatic carbocycles. The van der Waals surface area contributed by atoms with Crippen molar-refractivity contribution in [2.24, 2.45) is 0 Å². The lowest BCUT2D eigenvalue weighted by Crippen LogP contribution is -2.09. The lowest BCUT2D eigenvalue weighted by atomic mass is 10.1. The Morgan fingerprint density at radius 1 is 1.26 bits per heavy atom. The Kier molecular flexibility index (Phi) is 4.00. The van der Waals surface area contributed by atoms with E-state index in [0.29, 0.717) is 24.5 Å². The van der Waals surface area contributed by atoms with Gasteiger partial charge in [0, 0.05) is 11.6 Å². The fraction of sp³-hybridized carbons (Fsp3) is 0.333. The Balaban J connectivity index is 2.63. The van der Waals surface area contributed by atoms with Crippen molar-refractivity contribution in [3.63, 3.8) is 0 Å². The van der Waals surface area contributed by atoms with E-state index in [-0.39, 0.29) is 0 Å². The molecular formula is C15H17NO3. The summed E-state index contributed by atoms with van der Waals surface area (Å²) in [5.74, 6) is 0.150. The van der Waals surface area contributed by atoms with Gasteiger partial charge in [-0.25, -0.2) is 4.79 Å². The van der Waals surface area contributed by atoms with Crippen molar-refractivity contribution >= 4 is 16.9 Å². The van der Waals surface area contributed by atoms with Crippen LogP contribution in [0.15, 0.2) is 24.4 Å². The van der Waals surface area contributed by atoms with E-state index in [1.807, 2.05) is 32.0 Å². The standard InChI is InChI=1S/C15H17NO3/c1-4-18-14-11-8-10(3)6-7-13(11)16-9-12(14)15(17)19-5-2/h6-9H,4-5H2,1-3H3. The number of fused-ring (bicyclic) bond motifs is 1. The summed E-state index contributed by atoms with van der Waals surface area (Å²) >= 11 is 0. The van der Waals surface area contributed by atoms with Crippen LogP contribution < -0.4 is 4.74 Å². The summed E-state index contributed by atoms with van der Waals surface area (Å²) in [5.41, 5.74) is 2.28. The zero-order valence-electron chi connectivity index (χ0n) is 11.4. The van der Waals surface area contributed by atoms with Crippen LogP contribution in [0.4, 0.5) is 0 Å². The van der Waals surface area contributed by atoms with Crippen molar-refractivity contribution in [2.45, 2.75) is 20.8 Å². The van der Waals surface area contributed by atoms with Gasteiger partial charge in [0.1, 0.15) is 11.3 Å². The van der Waals surface area contributed by atoms with Crippen LogP contribution in [0.2, 0.25) is 0 Å². The number of hydrogen-bond donors (Lipinski definition) is 0. The lowest BCUT2D eigenvalue weighted by Gasteiger charge is -2.12. The van der Waals surface area contributed by atoms with Crippen molar-refractivity contribution in [1.82, 2.24) is 4.98 Å². The molecule has 0 atom stereocenters. The SMILES string of the molecule is CCOC(=O)c1cnc2ccc(C)cc2c1OCC. The van der Waals surface area contributed by atoms with Gasteiger partial charge in [0.25, 0.3) is 0 Å². The number of carbonyl (C=O) groups is 1. The maximum Gasteiger partial charge on any atom is 0.343 e. The molecule has 0 aliphatic heterocycles. The highest BCUT2D eigenvalue weighted by molar-refractivity contribution is 5.99. The minimum Gasteiger partial charge on any atom is -0.492 e. The molecule has 100 valence electrons. The lowest BCUT2D eigenvalue weighted by molar-refractivity contribution is 0.0522. The summed E-state index contributed by atoms with van der Waals surface area (Å²) in [5, 5.41) is 0.840. The molecule has 0 spiro atoms. The van der Waals surface area contributed by atoms with Crippen LogP contribution in [-0.4, -0.2) is 24.2 Å². The molecule has 4 nitrogen and oxygen atoms in total. The fourth-order valence-electron chi connectivity index (χ4n) is 1.94. The van der Waals surface area contributed by atoms with Crippen molar-refractivity contribution in [3.05, 3.63) is 35.5 Å². The number of aromatic nitrogens is 1. The molecule has 2 rings (SSSR count). The summed E-state index contributed by atoms with van der Waals surface area (Å²) in [4.78, 5) is 16.2. The summed E-state index contributed by atoms with van der Waals surface area (Å²) in [6.45, 7) is 6.47. The molecule has 19 heavy (non-hydrogen) atoms. The highest BCUT2D eigenvalue weighted by atomic mass is 16.5. The maximum absolute atomic E-state index is 11.9. The average molecular weight is 259 g/mol. The van der Waals surface area contributed by atoms with Gasteiger partial charge in [0.05, 0.1) is 18.7 Å². The van der Waals surface area contributed by atoms with E-state index in [0.717, 1.165) is 16.5 Å². The average Bonchev–Trinajstić information content (AvgIpc) is 2.40. The first-order valence-electron chi connectivity index (χ1n) is 6.36. The molecule has 0 unspecified atom stereocenters. The number of ether oxygens (including phenoxy) is 2. The van der Waals surface area contributed by atoms with E-state index in [4.69, 9.17) is 9.47 Å². The maximum atomic E-state index is 11.9. The number of pyridine rings is 1. The Morgan fingerprint density at radius 3 is 2.74 bits per heavy atom. The van der Waals surface area contributed by atoms with E-state index in [1.165, 1.54) is 6.20 Å². The van der Waals surface area contributed by atoms with Crippen molar-refractivity contribution < 1.29 is 14.3 Å². The molecule has 1 aromatic carbocycles. The van der Waals surface area contributed by atoms with Gasteiger partial charge in [-0.2, -0.15) is 0 Å². The summed E-state index contributed by atoms with van der Waals surface area (Å²) in [7, 11) is 0. The number of rotatable bonds is 4. The van der Waals surface area contributed by atoms with Crippen LogP contribution in [0.1, 0.15) is 29.8 Å². The van der Waals surface area contributed by atoms with E-state index in [9.17, 15) is 4.79 Å². The third-order valence-corrected chi connectivity index (χ3v) is 2.76. The zero-order valence-corrected chi connectivity index (χ0v) is 11.4. The number of benzene rings is 1. The molecule has 0 N–H and O–H groups in total. The van der Waals surface area contributed by atoms with Gasteiger partial charge in [-0.1, -0.05) is 11.6 Å². The van der Waals surface area contributed by atoms with E-state index in [2.05, 4.69) is 4.98 Å². The quantitative estimate of drug-likeness (QED) is 0.791. The number of carbonyl (C=O) groups excluding carboxylic acids is 1. The second kappa shape index (κ2) is 5.69. The van der Waals surface area contributed by atoms with Gasteiger partial charge in [-0.3, -0.25) is 4.98 Å². The first-order chi connectivity index (χ1) is 9.17. The minimum absolute atomic E-state index is 0.330. The number of hydrogen-bond acceptors (Lipinski definition) is 4. The smallest absolute Gasteiger partial charge is 0.343 e. The Bertz CT molecular complexity index is 608. The van der Waals surface area contributed by atoms with Crippen LogP contribution in [0, 0.1) is 6.92 Å². The molecule has 0 fully saturated rings. The molecule has 2 aromatic rings. The zero-order chi connectivity index (χ0) is 13.8. The van der Waals surface area contributed by atoms with E-state index in [1.54, 1.807) is 6.92 Å². The largest absolute Gasteiger partial charge is 0.492 e. The normalized spacial score (nSPS) is 10.5. The first-order valence-corrected chi connectivity index (χ1v) is 6.36. The van der Waals surface area contributed by atoms with Gasteiger partial charge in [-0.05, 0) is 32.9 Å². The Hall–Kier alpha value is -2.10. The van der Waals surface area contributed by atoms with Gasteiger partial charge in [0.2, 0.25) is 0 Å². The molecule has 1 heterocycles. The fourth-order valence-corrected chi connectivity index (χ4v) is 1.94. The highest BCUT2D eigenvalue weighted by Crippen LogP contribution is 2.29. The predicted molar refractivity (Wildman–Crippen MR) is 73.6 cm³/mol. The van der Waals surface area contributed by atoms with Crippen LogP contribution in [0.25, 0.3) is 10.9 Å². The molecule has 0 bridgehead atoms. The first kappa shape index (κ1) is 13.3. The summed E-state index contributed by atoms with van der Waals surface area (Å²) < 4.78 is 10.7. The molecule has 0 radical (unpaired) electrons. The number of nitrogens with zero attached hydrogens (tertiary/aromatic N) is 1. The summed E-state index contributed by atoms with van der Waals surface area (Å²) in [6, 6.07) is 5.87. The second-order valence-electron chi connectivity index (χ2n) is 4.18. The van der Waals surface area contributed by atoms with Crippen LogP contribution >= 0.6 is 0 Å². The molecule has 0 amide bonds. The van der Waals surface area contributed by atoms with Crippen LogP contribution in [-0.2, 0) is 4.74 Å². The van der Waals surface area contributed by atoms with Crippen molar-refractivity contribution in [1.29, 1.82) is 0 Å².